The summed E-state index contributed by atoms with van der Waals surface area (Å²) in [4.78, 5) is 13.2. The van der Waals surface area contributed by atoms with E-state index in [-0.39, 0.29) is 0 Å². The number of carbonyl (C=O) groups excluding carboxylic acids is 1. The maximum absolute atomic E-state index is 11.0. The average Bonchev–Trinajstić information content (AvgIpc) is 2.28. The topological polar surface area (TPSA) is 20.3 Å². The van der Waals surface area contributed by atoms with Crippen LogP contribution in [-0.2, 0) is 0 Å². The van der Waals surface area contributed by atoms with Crippen molar-refractivity contribution in [2.24, 2.45) is 0 Å². The highest BCUT2D eigenvalue weighted by atomic mass is 35.5. The zero-order valence-electron chi connectivity index (χ0n) is 9.87. The zero-order valence-corrected chi connectivity index (χ0v) is 10.6. The van der Waals surface area contributed by atoms with Gasteiger partial charge in [0.25, 0.3) is 0 Å². The largest absolute Gasteiger partial charge is 0.371 e. The summed E-state index contributed by atoms with van der Waals surface area (Å²) in [6, 6.07) is 5.49. The summed E-state index contributed by atoms with van der Waals surface area (Å²) in [7, 11) is 0. The Morgan fingerprint density at radius 3 is 2.38 bits per heavy atom. The lowest BCUT2D eigenvalue weighted by atomic mass is 10.1. The maximum Gasteiger partial charge on any atom is 0.152 e. The van der Waals surface area contributed by atoms with Crippen LogP contribution in [0, 0.1) is 0 Å². The van der Waals surface area contributed by atoms with Gasteiger partial charge in [-0.2, -0.15) is 0 Å². The number of anilines is 1. The summed E-state index contributed by atoms with van der Waals surface area (Å²) in [6.45, 7) is 6.21. The van der Waals surface area contributed by atoms with Crippen LogP contribution in [0.3, 0.4) is 0 Å². The van der Waals surface area contributed by atoms with Gasteiger partial charge in [0.1, 0.15) is 0 Å². The fourth-order valence-corrected chi connectivity index (χ4v) is 1.98. The normalized spacial score (nSPS) is 10.2. The van der Waals surface area contributed by atoms with E-state index in [1.807, 2.05) is 12.1 Å². The van der Waals surface area contributed by atoms with Crippen LogP contribution in [-0.4, -0.2) is 19.4 Å². The van der Waals surface area contributed by atoms with Crippen LogP contribution in [0.4, 0.5) is 5.69 Å². The first-order chi connectivity index (χ1) is 7.72. The molecule has 1 aromatic carbocycles. The Morgan fingerprint density at radius 2 is 1.88 bits per heavy atom. The molecule has 88 valence electrons. The van der Waals surface area contributed by atoms with Crippen molar-refractivity contribution in [3.05, 3.63) is 28.8 Å². The van der Waals surface area contributed by atoms with E-state index in [0.29, 0.717) is 10.6 Å². The van der Waals surface area contributed by atoms with Crippen molar-refractivity contribution in [3.63, 3.8) is 0 Å². The first-order valence-corrected chi connectivity index (χ1v) is 6.10. The fourth-order valence-electron chi connectivity index (χ4n) is 1.80. The molecule has 0 aliphatic heterocycles. The molecule has 0 aliphatic rings. The molecule has 0 atom stereocenters. The molecule has 0 spiro atoms. The van der Waals surface area contributed by atoms with E-state index in [1.165, 1.54) is 0 Å². The number of rotatable bonds is 6. The monoisotopic (exact) mass is 239 g/mol. The number of aldehydes is 1. The summed E-state index contributed by atoms with van der Waals surface area (Å²) in [5.74, 6) is 0. The number of benzene rings is 1. The van der Waals surface area contributed by atoms with E-state index in [9.17, 15) is 4.79 Å². The predicted molar refractivity (Wildman–Crippen MR) is 69.6 cm³/mol. The van der Waals surface area contributed by atoms with Gasteiger partial charge in [-0.3, -0.25) is 4.79 Å². The second-order valence-corrected chi connectivity index (χ2v) is 4.24. The Bertz CT molecular complexity index is 346. The Labute approximate surface area is 102 Å². The first-order valence-electron chi connectivity index (χ1n) is 5.72. The fraction of sp³-hybridized carbons (Fsp3) is 0.462. The molecule has 1 rings (SSSR count). The van der Waals surface area contributed by atoms with Crippen LogP contribution in [0.5, 0.6) is 0 Å². The molecule has 16 heavy (non-hydrogen) atoms. The van der Waals surface area contributed by atoms with Gasteiger partial charge < -0.3 is 4.90 Å². The van der Waals surface area contributed by atoms with Gasteiger partial charge in [0.05, 0.1) is 0 Å². The Hall–Kier alpha value is -1.02. The van der Waals surface area contributed by atoms with Gasteiger partial charge in [-0.05, 0) is 31.0 Å². The van der Waals surface area contributed by atoms with Crippen molar-refractivity contribution in [1.82, 2.24) is 0 Å². The van der Waals surface area contributed by atoms with Gasteiger partial charge in [0, 0.05) is 29.4 Å². The highest BCUT2D eigenvalue weighted by Gasteiger charge is 2.09. The minimum absolute atomic E-state index is 0.610. The molecular weight excluding hydrogens is 222 g/mol. The number of halogens is 1. The maximum atomic E-state index is 11.0. The summed E-state index contributed by atoms with van der Waals surface area (Å²) >= 11 is 5.88. The van der Waals surface area contributed by atoms with Crippen molar-refractivity contribution < 1.29 is 4.79 Å². The Morgan fingerprint density at radius 1 is 1.25 bits per heavy atom. The third kappa shape index (κ3) is 3.24. The molecule has 0 heterocycles. The van der Waals surface area contributed by atoms with E-state index in [2.05, 4.69) is 18.7 Å². The van der Waals surface area contributed by atoms with Gasteiger partial charge >= 0.3 is 0 Å². The van der Waals surface area contributed by atoms with Crippen LogP contribution < -0.4 is 4.90 Å². The van der Waals surface area contributed by atoms with Crippen molar-refractivity contribution in [2.75, 3.05) is 18.0 Å². The molecule has 0 saturated heterocycles. The van der Waals surface area contributed by atoms with E-state index < -0.39 is 0 Å². The average molecular weight is 240 g/mol. The summed E-state index contributed by atoms with van der Waals surface area (Å²) in [5, 5.41) is 0.610. The highest BCUT2D eigenvalue weighted by molar-refractivity contribution is 6.31. The third-order valence-corrected chi connectivity index (χ3v) is 2.68. The van der Waals surface area contributed by atoms with Crippen LogP contribution >= 0.6 is 11.6 Å². The quantitative estimate of drug-likeness (QED) is 0.705. The van der Waals surface area contributed by atoms with E-state index in [1.54, 1.807) is 6.07 Å². The van der Waals surface area contributed by atoms with Crippen LogP contribution in [0.15, 0.2) is 18.2 Å². The molecule has 3 heteroatoms. The van der Waals surface area contributed by atoms with Crippen molar-refractivity contribution in [2.45, 2.75) is 26.7 Å². The molecule has 0 unspecified atom stereocenters. The number of carbonyl (C=O) groups is 1. The summed E-state index contributed by atoms with van der Waals surface area (Å²) < 4.78 is 0. The molecule has 0 fully saturated rings. The molecule has 0 N–H and O–H groups in total. The molecular formula is C13H18ClNO. The lowest BCUT2D eigenvalue weighted by Crippen LogP contribution is -2.25. The molecule has 2 nitrogen and oxygen atoms in total. The van der Waals surface area contributed by atoms with Gasteiger partial charge in [0.15, 0.2) is 6.29 Å². The van der Waals surface area contributed by atoms with E-state index in [0.717, 1.165) is 37.9 Å². The molecule has 0 bridgehead atoms. The van der Waals surface area contributed by atoms with E-state index in [4.69, 9.17) is 11.6 Å². The molecule has 0 amide bonds. The summed E-state index contributed by atoms with van der Waals surface area (Å²) in [5.41, 5.74) is 1.66. The van der Waals surface area contributed by atoms with Crippen molar-refractivity contribution in [1.29, 1.82) is 0 Å². The standard InChI is InChI=1S/C13H18ClNO/c1-3-7-15(8-4-2)13-6-5-12(14)9-11(13)10-16/h5-6,9-10H,3-4,7-8H2,1-2H3. The second kappa shape index (κ2) is 6.54. The van der Waals surface area contributed by atoms with Gasteiger partial charge in [-0.1, -0.05) is 25.4 Å². The SMILES string of the molecule is CCCN(CCC)c1ccc(Cl)cc1C=O. The highest BCUT2D eigenvalue weighted by Crippen LogP contribution is 2.23. The number of hydrogen-bond acceptors (Lipinski definition) is 2. The molecule has 0 saturated carbocycles. The molecule has 0 aliphatic carbocycles. The number of nitrogens with zero attached hydrogens (tertiary/aromatic N) is 1. The number of hydrogen-bond donors (Lipinski definition) is 0. The second-order valence-electron chi connectivity index (χ2n) is 3.81. The Balaban J connectivity index is 3.02. The zero-order chi connectivity index (χ0) is 12.0. The smallest absolute Gasteiger partial charge is 0.152 e. The van der Waals surface area contributed by atoms with Gasteiger partial charge in [0.2, 0.25) is 0 Å². The first kappa shape index (κ1) is 13.0. The lowest BCUT2D eigenvalue weighted by molar-refractivity contribution is 0.112. The van der Waals surface area contributed by atoms with Crippen molar-refractivity contribution >= 4 is 23.6 Å². The minimum atomic E-state index is 0.610. The lowest BCUT2D eigenvalue weighted by Gasteiger charge is -2.25. The van der Waals surface area contributed by atoms with Crippen LogP contribution in [0.1, 0.15) is 37.0 Å². The third-order valence-electron chi connectivity index (χ3n) is 2.44. The van der Waals surface area contributed by atoms with Crippen LogP contribution in [0.2, 0.25) is 5.02 Å². The van der Waals surface area contributed by atoms with Gasteiger partial charge in [-0.15, -0.1) is 0 Å². The minimum Gasteiger partial charge on any atom is -0.371 e. The van der Waals surface area contributed by atoms with Gasteiger partial charge in [-0.25, -0.2) is 0 Å². The molecule has 0 aromatic heterocycles. The van der Waals surface area contributed by atoms with Crippen molar-refractivity contribution in [3.8, 4) is 0 Å². The van der Waals surface area contributed by atoms with Crippen LogP contribution in [0.25, 0.3) is 0 Å². The molecule has 1 aromatic rings. The molecule has 0 radical (unpaired) electrons. The summed E-state index contributed by atoms with van der Waals surface area (Å²) in [6.07, 6.45) is 3.02. The Kier molecular flexibility index (Phi) is 5.33. The van der Waals surface area contributed by atoms with E-state index >= 15 is 0 Å². The predicted octanol–water partition coefficient (Wildman–Crippen LogP) is 3.78.